The van der Waals surface area contributed by atoms with E-state index in [1.54, 1.807) is 0 Å². The van der Waals surface area contributed by atoms with Crippen LogP contribution >= 0.6 is 0 Å². The molecule has 0 spiro atoms. The zero-order valence-electron chi connectivity index (χ0n) is 4.32. The van der Waals surface area contributed by atoms with Gasteiger partial charge in [0.2, 0.25) is 0 Å². The second kappa shape index (κ2) is 26.7. The minimum Gasteiger partial charge on any atom is -0.550 e. The van der Waals surface area contributed by atoms with E-state index in [9.17, 15) is 0 Å². The normalized spacial score (nSPS) is 3.12. The van der Waals surface area contributed by atoms with Gasteiger partial charge in [-0.25, -0.2) is 0 Å². The summed E-state index contributed by atoms with van der Waals surface area (Å²) in [5.41, 5.74) is 0. The molecule has 8 heavy (non-hydrogen) atoms. The molecule has 0 amide bonds. The molecule has 6 N–H and O–H groups in total. The van der Waals surface area contributed by atoms with Gasteiger partial charge in [-0.15, -0.1) is 0 Å². The van der Waals surface area contributed by atoms with Gasteiger partial charge in [-0.3, -0.25) is 0 Å². The SMILES string of the molecule is CC(=O)[O-].O.O.O.[Pb+2]. The Balaban J connectivity index is -0.00000000750. The van der Waals surface area contributed by atoms with Crippen LogP contribution < -0.4 is 5.11 Å². The van der Waals surface area contributed by atoms with Crippen molar-refractivity contribution in [1.29, 1.82) is 0 Å². The van der Waals surface area contributed by atoms with Crippen molar-refractivity contribution in [2.75, 3.05) is 0 Å². The van der Waals surface area contributed by atoms with Crippen molar-refractivity contribution < 1.29 is 26.3 Å². The van der Waals surface area contributed by atoms with Gasteiger partial charge in [0, 0.05) is 5.97 Å². The summed E-state index contributed by atoms with van der Waals surface area (Å²) < 4.78 is 0. The molecule has 0 saturated carbocycles. The van der Waals surface area contributed by atoms with Crippen LogP contribution in [0.1, 0.15) is 6.92 Å². The standard InChI is InChI=1S/C2H4O2.3H2O.Pb/c1-2(3)4;;;;/h1H3,(H,3,4);3*1H2;/q;;;;+2/p-1. The molecule has 0 bridgehead atoms. The summed E-state index contributed by atoms with van der Waals surface area (Å²) in [6.07, 6.45) is 0. The summed E-state index contributed by atoms with van der Waals surface area (Å²) in [6, 6.07) is 0. The first-order valence-corrected chi connectivity index (χ1v) is 0.908. The van der Waals surface area contributed by atoms with E-state index in [1.165, 1.54) is 0 Å². The maximum absolute atomic E-state index is 8.89. The Bertz CT molecular complexity index is 33.4. The molecule has 0 aromatic heterocycles. The third kappa shape index (κ3) is 2350. The van der Waals surface area contributed by atoms with Crippen LogP contribution in [0.15, 0.2) is 0 Å². The number of carbonyl (C=O) groups is 1. The fourth-order valence-electron chi connectivity index (χ4n) is 0. The predicted molar refractivity (Wildman–Crippen MR) is 27.3 cm³/mol. The number of rotatable bonds is 0. The summed E-state index contributed by atoms with van der Waals surface area (Å²) in [7, 11) is 0. The summed E-state index contributed by atoms with van der Waals surface area (Å²) in [5, 5.41) is 8.89. The van der Waals surface area contributed by atoms with E-state index in [1.807, 2.05) is 0 Å². The molecule has 0 fully saturated rings. The predicted octanol–water partition coefficient (Wildman–Crippen LogP) is -4.10. The molecule has 0 atom stereocenters. The Morgan fingerprint density at radius 2 is 1.25 bits per heavy atom. The minimum atomic E-state index is -1.08. The van der Waals surface area contributed by atoms with Crippen molar-refractivity contribution in [3.05, 3.63) is 0 Å². The molecule has 0 aliphatic carbocycles. The van der Waals surface area contributed by atoms with Crippen LogP contribution in [0.4, 0.5) is 0 Å². The van der Waals surface area contributed by atoms with E-state index in [4.69, 9.17) is 9.90 Å². The van der Waals surface area contributed by atoms with Crippen molar-refractivity contribution in [2.45, 2.75) is 6.92 Å². The van der Waals surface area contributed by atoms with Gasteiger partial charge in [0.15, 0.2) is 0 Å². The third-order valence-corrected chi connectivity index (χ3v) is 0. The molecular weight excluding hydrogens is 311 g/mol. The van der Waals surface area contributed by atoms with Gasteiger partial charge in [-0.05, 0) is 6.92 Å². The van der Waals surface area contributed by atoms with Crippen LogP contribution in [0, 0.1) is 0 Å². The van der Waals surface area contributed by atoms with E-state index in [2.05, 4.69) is 0 Å². The summed E-state index contributed by atoms with van der Waals surface area (Å²) in [6.45, 7) is 0.972. The number of carboxylic acids is 1. The van der Waals surface area contributed by atoms with Crippen molar-refractivity contribution in [2.24, 2.45) is 0 Å². The number of hydrogen-bond donors (Lipinski definition) is 0. The molecule has 0 aromatic rings. The average molecular weight is 320 g/mol. The number of hydrogen-bond acceptors (Lipinski definition) is 2. The van der Waals surface area contributed by atoms with Crippen molar-refractivity contribution >= 4 is 33.3 Å². The molecule has 0 unspecified atom stereocenters. The quantitative estimate of drug-likeness (QED) is 0.419. The summed E-state index contributed by atoms with van der Waals surface area (Å²) in [4.78, 5) is 8.89. The molecule has 0 rings (SSSR count). The maximum Gasteiger partial charge on any atom is 2.00 e. The van der Waals surface area contributed by atoms with Crippen molar-refractivity contribution in [3.8, 4) is 0 Å². The zero-order chi connectivity index (χ0) is 3.58. The fourth-order valence-corrected chi connectivity index (χ4v) is 0. The second-order valence-corrected chi connectivity index (χ2v) is 0.492. The molecule has 0 heterocycles. The van der Waals surface area contributed by atoms with Gasteiger partial charge in [-0.2, -0.15) is 0 Å². The molecule has 0 aliphatic rings. The molecule has 0 saturated heterocycles. The van der Waals surface area contributed by atoms with Crippen molar-refractivity contribution in [3.63, 3.8) is 0 Å². The van der Waals surface area contributed by atoms with Crippen LogP contribution in [0.5, 0.6) is 0 Å². The molecule has 5 nitrogen and oxygen atoms in total. The third-order valence-electron chi connectivity index (χ3n) is 0. The molecule has 50 valence electrons. The first kappa shape index (κ1) is 40.9. The minimum absolute atomic E-state index is 0. The van der Waals surface area contributed by atoms with Gasteiger partial charge in [0.1, 0.15) is 0 Å². The molecule has 0 aliphatic heterocycles. The van der Waals surface area contributed by atoms with Crippen LogP contribution in [-0.2, 0) is 4.79 Å². The van der Waals surface area contributed by atoms with E-state index >= 15 is 0 Å². The Hall–Kier alpha value is 0.272. The van der Waals surface area contributed by atoms with Crippen LogP contribution in [0.2, 0.25) is 0 Å². The fraction of sp³-hybridized carbons (Fsp3) is 0.500. The van der Waals surface area contributed by atoms with E-state index in [0.29, 0.717) is 0 Å². The number of aliphatic carboxylic acids is 1. The van der Waals surface area contributed by atoms with Crippen LogP contribution in [0.3, 0.4) is 0 Å². The van der Waals surface area contributed by atoms with Gasteiger partial charge >= 0.3 is 27.3 Å². The largest absolute Gasteiger partial charge is 2.00 e. The van der Waals surface area contributed by atoms with Crippen LogP contribution in [0.25, 0.3) is 0 Å². The van der Waals surface area contributed by atoms with Gasteiger partial charge in [0.25, 0.3) is 0 Å². The topological polar surface area (TPSA) is 135 Å². The van der Waals surface area contributed by atoms with E-state index in [-0.39, 0.29) is 43.7 Å². The Kier molecular flexibility index (Phi) is 136. The smallest absolute Gasteiger partial charge is 0.550 e. The Morgan fingerprint density at radius 1 is 1.25 bits per heavy atom. The first-order valence-electron chi connectivity index (χ1n) is 0.908. The molecule has 0 aromatic carbocycles. The van der Waals surface area contributed by atoms with Crippen molar-refractivity contribution in [1.82, 2.24) is 0 Å². The maximum atomic E-state index is 8.89. The Labute approximate surface area is 66.8 Å². The summed E-state index contributed by atoms with van der Waals surface area (Å²) in [5.74, 6) is -1.08. The van der Waals surface area contributed by atoms with Gasteiger partial charge in [0.05, 0.1) is 0 Å². The van der Waals surface area contributed by atoms with E-state index < -0.39 is 5.97 Å². The molecule has 2 radical (unpaired) electrons. The first-order chi connectivity index (χ1) is 1.73. The zero-order valence-corrected chi connectivity index (χ0v) is 8.20. The Morgan fingerprint density at radius 3 is 1.25 bits per heavy atom. The summed E-state index contributed by atoms with van der Waals surface area (Å²) >= 11 is 0. The average Bonchev–Trinajstić information content (AvgIpc) is 0.811. The molecule has 6 heteroatoms. The van der Waals surface area contributed by atoms with Gasteiger partial charge in [-0.1, -0.05) is 0 Å². The molecular formula is C2H9O5Pb+. The monoisotopic (exact) mass is 321 g/mol. The number of carbonyl (C=O) groups excluding carboxylic acids is 1. The van der Waals surface area contributed by atoms with Crippen LogP contribution in [-0.4, -0.2) is 49.7 Å². The number of carboxylic acid groups (broad SMARTS) is 1. The van der Waals surface area contributed by atoms with E-state index in [0.717, 1.165) is 6.92 Å². The van der Waals surface area contributed by atoms with Gasteiger partial charge < -0.3 is 26.3 Å². The second-order valence-electron chi connectivity index (χ2n) is 0.492.